The Kier molecular flexibility index (Phi) is 10.5. The maximum atomic E-state index is 13.4. The molecule has 1 aromatic heterocycles. The van der Waals surface area contributed by atoms with Crippen molar-refractivity contribution in [2.75, 3.05) is 0 Å². The van der Waals surface area contributed by atoms with Crippen LogP contribution >= 0.6 is 0 Å². The number of hydrogen-bond donors (Lipinski definition) is 6. The van der Waals surface area contributed by atoms with E-state index in [0.717, 1.165) is 16.5 Å². The fourth-order valence-corrected chi connectivity index (χ4v) is 3.97. The van der Waals surface area contributed by atoms with Crippen LogP contribution in [0.2, 0.25) is 0 Å². The Morgan fingerprint density at radius 1 is 0.861 bits per heavy atom. The number of aromatic amines is 1. The third kappa shape index (κ3) is 8.37. The molecule has 2 aromatic rings. The summed E-state index contributed by atoms with van der Waals surface area (Å²) in [6.45, 7) is 9.05. The van der Waals surface area contributed by atoms with Crippen LogP contribution in [0.4, 0.5) is 0 Å². The Hall–Kier alpha value is -3.40. The van der Waals surface area contributed by atoms with Gasteiger partial charge in [0.05, 0.1) is 6.04 Å². The van der Waals surface area contributed by atoms with E-state index in [2.05, 4.69) is 20.9 Å². The molecule has 3 amide bonds. The Bertz CT molecular complexity index is 1060. The first-order valence-electron chi connectivity index (χ1n) is 12.3. The van der Waals surface area contributed by atoms with Gasteiger partial charge in [-0.25, -0.2) is 0 Å². The van der Waals surface area contributed by atoms with Gasteiger partial charge in [0.15, 0.2) is 0 Å². The highest BCUT2D eigenvalue weighted by atomic mass is 16.4. The molecule has 10 heteroatoms. The molecule has 36 heavy (non-hydrogen) atoms. The number of carboxylic acid groups (broad SMARTS) is 1. The Morgan fingerprint density at radius 3 is 2.06 bits per heavy atom. The number of benzene rings is 1. The lowest BCUT2D eigenvalue weighted by atomic mass is 9.99. The Labute approximate surface area is 211 Å². The van der Waals surface area contributed by atoms with Gasteiger partial charge in [-0.15, -0.1) is 0 Å². The fraction of sp³-hybridized carbons (Fsp3) is 0.538. The lowest BCUT2D eigenvalue weighted by Gasteiger charge is -2.26. The Balaban J connectivity index is 2.28. The quantitative estimate of drug-likeness (QED) is 0.244. The summed E-state index contributed by atoms with van der Waals surface area (Å²) in [7, 11) is 0. The van der Waals surface area contributed by atoms with Crippen LogP contribution in [-0.4, -0.2) is 57.9 Å². The lowest BCUT2D eigenvalue weighted by molar-refractivity contribution is -0.142. The molecule has 0 aliphatic rings. The minimum atomic E-state index is -1.18. The number of nitrogens with two attached hydrogens (primary N) is 1. The highest BCUT2D eigenvalue weighted by molar-refractivity contribution is 5.94. The van der Waals surface area contributed by atoms with E-state index in [1.54, 1.807) is 6.20 Å². The van der Waals surface area contributed by atoms with Crippen molar-refractivity contribution in [2.24, 2.45) is 17.6 Å². The predicted molar refractivity (Wildman–Crippen MR) is 138 cm³/mol. The SMILES string of the molecule is CC(C)CC(N)C(=O)NC(Cc1c[nH]c2ccccc12)C(=O)NC(CC(C)C)C(=O)NC(C)C(=O)O. The van der Waals surface area contributed by atoms with Crippen molar-refractivity contribution in [3.8, 4) is 0 Å². The monoisotopic (exact) mass is 501 g/mol. The van der Waals surface area contributed by atoms with Gasteiger partial charge in [-0.1, -0.05) is 45.9 Å². The number of aromatic nitrogens is 1. The van der Waals surface area contributed by atoms with Gasteiger partial charge in [0.1, 0.15) is 18.1 Å². The van der Waals surface area contributed by atoms with Crippen molar-refractivity contribution in [1.82, 2.24) is 20.9 Å². The van der Waals surface area contributed by atoms with Crippen LogP contribution in [0, 0.1) is 11.8 Å². The second-order valence-electron chi connectivity index (χ2n) is 10.1. The first-order valence-corrected chi connectivity index (χ1v) is 12.3. The van der Waals surface area contributed by atoms with E-state index in [-0.39, 0.29) is 18.3 Å². The van der Waals surface area contributed by atoms with E-state index in [4.69, 9.17) is 10.8 Å². The summed E-state index contributed by atoms with van der Waals surface area (Å²) in [6.07, 6.45) is 2.72. The van der Waals surface area contributed by atoms with Gasteiger partial charge in [0, 0.05) is 23.5 Å². The number of H-pyrrole nitrogens is 1. The molecule has 198 valence electrons. The van der Waals surface area contributed by atoms with E-state index < -0.39 is 47.9 Å². The summed E-state index contributed by atoms with van der Waals surface area (Å²) in [5.41, 5.74) is 7.78. The zero-order chi connectivity index (χ0) is 27.0. The zero-order valence-corrected chi connectivity index (χ0v) is 21.6. The van der Waals surface area contributed by atoms with Crippen LogP contribution in [-0.2, 0) is 25.6 Å². The molecule has 0 fully saturated rings. The minimum absolute atomic E-state index is 0.0438. The molecule has 2 rings (SSSR count). The number of rotatable bonds is 13. The van der Waals surface area contributed by atoms with Crippen molar-refractivity contribution >= 4 is 34.6 Å². The number of carbonyl (C=O) groups excluding carboxylic acids is 3. The first-order chi connectivity index (χ1) is 16.9. The predicted octanol–water partition coefficient (Wildman–Crippen LogP) is 1.69. The molecule has 10 nitrogen and oxygen atoms in total. The van der Waals surface area contributed by atoms with Crippen molar-refractivity contribution in [3.63, 3.8) is 0 Å². The molecule has 0 bridgehead atoms. The number of hydrogen-bond acceptors (Lipinski definition) is 5. The molecule has 0 aliphatic carbocycles. The van der Waals surface area contributed by atoms with Gasteiger partial charge >= 0.3 is 5.97 Å². The van der Waals surface area contributed by atoms with Crippen LogP contribution in [0.25, 0.3) is 10.9 Å². The average molecular weight is 502 g/mol. The number of carbonyl (C=O) groups is 4. The van der Waals surface area contributed by atoms with Gasteiger partial charge in [-0.3, -0.25) is 19.2 Å². The molecule has 1 aromatic carbocycles. The normalized spacial score (nSPS) is 14.8. The summed E-state index contributed by atoms with van der Waals surface area (Å²) < 4.78 is 0. The van der Waals surface area contributed by atoms with E-state index in [1.165, 1.54) is 6.92 Å². The summed E-state index contributed by atoms with van der Waals surface area (Å²) in [4.78, 5) is 53.4. The number of para-hydroxylation sites is 1. The van der Waals surface area contributed by atoms with Gasteiger partial charge in [0.25, 0.3) is 0 Å². The number of fused-ring (bicyclic) bond motifs is 1. The van der Waals surface area contributed by atoms with Crippen LogP contribution in [0.15, 0.2) is 30.5 Å². The van der Waals surface area contributed by atoms with E-state index in [9.17, 15) is 19.2 Å². The fourth-order valence-electron chi connectivity index (χ4n) is 3.97. The molecule has 4 atom stereocenters. The van der Waals surface area contributed by atoms with Crippen molar-refractivity contribution < 1.29 is 24.3 Å². The summed E-state index contributed by atoms with van der Waals surface area (Å²) in [5.74, 6) is -2.53. The average Bonchev–Trinajstić information content (AvgIpc) is 3.20. The van der Waals surface area contributed by atoms with Gasteiger partial charge in [-0.05, 0) is 43.2 Å². The number of aliphatic carboxylic acids is 1. The Morgan fingerprint density at radius 2 is 1.44 bits per heavy atom. The molecule has 1 heterocycles. The van der Waals surface area contributed by atoms with Crippen molar-refractivity contribution in [1.29, 1.82) is 0 Å². The van der Waals surface area contributed by atoms with Crippen LogP contribution in [0.5, 0.6) is 0 Å². The molecular weight excluding hydrogens is 462 g/mol. The zero-order valence-electron chi connectivity index (χ0n) is 21.6. The molecule has 0 radical (unpaired) electrons. The molecule has 0 saturated carbocycles. The van der Waals surface area contributed by atoms with E-state index in [0.29, 0.717) is 12.8 Å². The van der Waals surface area contributed by atoms with Gasteiger partial charge in [0.2, 0.25) is 17.7 Å². The highest BCUT2D eigenvalue weighted by Gasteiger charge is 2.30. The van der Waals surface area contributed by atoms with Gasteiger partial charge < -0.3 is 31.8 Å². The third-order valence-corrected chi connectivity index (χ3v) is 5.86. The maximum absolute atomic E-state index is 13.4. The van der Waals surface area contributed by atoms with Crippen LogP contribution in [0.3, 0.4) is 0 Å². The van der Waals surface area contributed by atoms with Crippen molar-refractivity contribution in [3.05, 3.63) is 36.0 Å². The highest BCUT2D eigenvalue weighted by Crippen LogP contribution is 2.19. The molecule has 0 saturated heterocycles. The molecule has 0 aliphatic heterocycles. The van der Waals surface area contributed by atoms with E-state index >= 15 is 0 Å². The first kappa shape index (κ1) is 28.8. The minimum Gasteiger partial charge on any atom is -0.480 e. The lowest BCUT2D eigenvalue weighted by Crippen LogP contribution is -2.57. The van der Waals surface area contributed by atoms with Crippen molar-refractivity contribution in [2.45, 2.75) is 78.0 Å². The van der Waals surface area contributed by atoms with Gasteiger partial charge in [-0.2, -0.15) is 0 Å². The largest absolute Gasteiger partial charge is 0.480 e. The molecular formula is C26H39N5O5. The number of amides is 3. The number of nitrogens with one attached hydrogen (secondary N) is 4. The summed E-state index contributed by atoms with van der Waals surface area (Å²) in [6, 6.07) is 3.77. The standard InChI is InChI=1S/C26H39N5O5/c1-14(2)10-19(27)23(32)30-22(12-17-13-28-20-9-7-6-8-18(17)20)25(34)31-21(11-15(3)4)24(33)29-16(5)26(35)36/h6-9,13-16,19,21-22,28H,10-12,27H2,1-5H3,(H,29,33)(H,30,32)(H,31,34)(H,35,36). The smallest absolute Gasteiger partial charge is 0.325 e. The van der Waals surface area contributed by atoms with E-state index in [1.807, 2.05) is 52.0 Å². The topological polar surface area (TPSA) is 166 Å². The maximum Gasteiger partial charge on any atom is 0.325 e. The summed E-state index contributed by atoms with van der Waals surface area (Å²) >= 11 is 0. The van der Waals surface area contributed by atoms with Crippen LogP contribution in [0.1, 0.15) is 53.0 Å². The molecule has 4 unspecified atom stereocenters. The third-order valence-electron chi connectivity index (χ3n) is 5.86. The second-order valence-corrected chi connectivity index (χ2v) is 10.1. The van der Waals surface area contributed by atoms with Crippen LogP contribution < -0.4 is 21.7 Å². The molecule has 7 N–H and O–H groups in total. The number of carboxylic acids is 1. The summed E-state index contributed by atoms with van der Waals surface area (Å²) in [5, 5.41) is 18.0. The molecule has 0 spiro atoms. The second kappa shape index (κ2) is 13.1.